The SMILES string of the molecule is CCn1c(CNC(=O)c2nc3cc[nH]c3nc2N)[n+](C)c2ccc(C(F)(F)F)cc21.O=C[O-]. The number of aromatic amines is 1. The molecule has 0 bridgehead atoms. The third kappa shape index (κ3) is 4.56. The summed E-state index contributed by atoms with van der Waals surface area (Å²) in [5.41, 5.74) is 7.16. The topological polar surface area (TPSA) is 146 Å². The Bertz CT molecular complexity index is 1330. The van der Waals surface area contributed by atoms with Gasteiger partial charge in [-0.2, -0.15) is 13.2 Å². The van der Waals surface area contributed by atoms with Crippen LogP contribution in [0.25, 0.3) is 22.2 Å². The number of nitrogen functional groups attached to an aromatic ring is 1. The number of fused-ring (bicyclic) bond motifs is 2. The summed E-state index contributed by atoms with van der Waals surface area (Å²) in [6, 6.07) is 5.27. The molecule has 0 fully saturated rings. The molecule has 0 radical (unpaired) electrons. The van der Waals surface area contributed by atoms with Gasteiger partial charge in [-0.1, -0.05) is 0 Å². The van der Waals surface area contributed by atoms with E-state index in [1.807, 2.05) is 6.92 Å². The predicted molar refractivity (Wildman–Crippen MR) is 109 cm³/mol. The molecule has 33 heavy (non-hydrogen) atoms. The number of halogens is 3. The number of hydrogen-bond acceptors (Lipinski definition) is 6. The number of aryl methyl sites for hydroxylation is 2. The van der Waals surface area contributed by atoms with Gasteiger partial charge in [0.1, 0.15) is 12.1 Å². The van der Waals surface area contributed by atoms with Crippen LogP contribution in [0.4, 0.5) is 19.0 Å². The van der Waals surface area contributed by atoms with Gasteiger partial charge in [-0.25, -0.2) is 19.1 Å². The van der Waals surface area contributed by atoms with Crippen LogP contribution in [-0.4, -0.2) is 31.9 Å². The number of aromatic nitrogens is 5. The molecule has 0 aliphatic rings. The number of anilines is 1. The van der Waals surface area contributed by atoms with Gasteiger partial charge in [-0.3, -0.25) is 4.79 Å². The van der Waals surface area contributed by atoms with E-state index < -0.39 is 24.1 Å². The summed E-state index contributed by atoms with van der Waals surface area (Å²) in [4.78, 5) is 32.1. The van der Waals surface area contributed by atoms with Crippen LogP contribution < -0.4 is 20.7 Å². The number of imidazole rings is 1. The van der Waals surface area contributed by atoms with Gasteiger partial charge >= 0.3 is 6.18 Å². The molecule has 4 N–H and O–H groups in total. The Morgan fingerprint density at radius 3 is 2.67 bits per heavy atom. The van der Waals surface area contributed by atoms with E-state index in [4.69, 9.17) is 15.6 Å². The van der Waals surface area contributed by atoms with Gasteiger partial charge in [-0.05, 0) is 25.1 Å². The lowest BCUT2D eigenvalue weighted by Gasteiger charge is -2.06. The highest BCUT2D eigenvalue weighted by Gasteiger charge is 2.33. The number of benzene rings is 1. The number of nitrogens with one attached hydrogen (secondary N) is 2. The molecule has 174 valence electrons. The van der Waals surface area contributed by atoms with Crippen molar-refractivity contribution in [1.29, 1.82) is 0 Å². The van der Waals surface area contributed by atoms with Crippen molar-refractivity contribution in [3.05, 3.63) is 47.5 Å². The summed E-state index contributed by atoms with van der Waals surface area (Å²) in [6.07, 6.45) is -2.79. The van der Waals surface area contributed by atoms with Gasteiger partial charge in [-0.15, -0.1) is 0 Å². The smallest absolute Gasteiger partial charge is 0.416 e. The molecule has 4 rings (SSSR count). The minimum absolute atomic E-state index is 0.0109. The van der Waals surface area contributed by atoms with E-state index in [-0.39, 0.29) is 18.1 Å². The number of alkyl halides is 3. The van der Waals surface area contributed by atoms with Crippen molar-refractivity contribution in [3.8, 4) is 0 Å². The molecule has 1 aromatic carbocycles. The molecule has 3 heterocycles. The number of nitrogens with two attached hydrogens (primary N) is 1. The third-order valence-corrected chi connectivity index (χ3v) is 5.00. The van der Waals surface area contributed by atoms with Crippen LogP contribution in [0.2, 0.25) is 0 Å². The minimum Gasteiger partial charge on any atom is -0.554 e. The Labute approximate surface area is 184 Å². The molecule has 0 unspecified atom stereocenters. The monoisotopic (exact) mass is 463 g/mol. The van der Waals surface area contributed by atoms with Crippen molar-refractivity contribution in [2.75, 3.05) is 5.73 Å². The molecule has 0 saturated carbocycles. The zero-order valence-electron chi connectivity index (χ0n) is 17.6. The summed E-state index contributed by atoms with van der Waals surface area (Å²) in [5.74, 6) is 0.0964. The number of amides is 1. The lowest BCUT2D eigenvalue weighted by Crippen LogP contribution is -2.38. The Kier molecular flexibility index (Phi) is 6.51. The second kappa shape index (κ2) is 9.14. The fourth-order valence-electron chi connectivity index (χ4n) is 3.52. The Hall–Kier alpha value is -4.16. The second-order valence-corrected chi connectivity index (χ2v) is 6.87. The maximum Gasteiger partial charge on any atom is 0.416 e. The van der Waals surface area contributed by atoms with Crippen LogP contribution >= 0.6 is 0 Å². The molecule has 0 atom stereocenters. The maximum absolute atomic E-state index is 13.1. The van der Waals surface area contributed by atoms with Crippen LogP contribution in [0.3, 0.4) is 0 Å². The number of carbonyl (C=O) groups excluding carboxylic acids is 2. The van der Waals surface area contributed by atoms with Crippen LogP contribution in [0.5, 0.6) is 0 Å². The van der Waals surface area contributed by atoms with E-state index in [0.717, 1.165) is 12.1 Å². The van der Waals surface area contributed by atoms with Gasteiger partial charge in [0.2, 0.25) is 0 Å². The van der Waals surface area contributed by atoms with Crippen LogP contribution in [0, 0.1) is 0 Å². The van der Waals surface area contributed by atoms with Gasteiger partial charge in [0, 0.05) is 18.7 Å². The standard InChI is InChI=1S/C19H18F3N7O.CH2O2/c1-3-29-13-8-10(19(20,21)22)4-5-12(13)28(2)14(29)9-25-18(30)15-16(23)27-17-11(26-15)6-7-24-17;2-1-3/h4-8H,3,9H2,1-2H3,(H3-,23,24,25,26,27,30);1H,(H,2,3). The highest BCUT2D eigenvalue weighted by Crippen LogP contribution is 2.31. The van der Waals surface area contributed by atoms with Crippen molar-refractivity contribution < 1.29 is 32.4 Å². The number of carboxylic acid groups (broad SMARTS) is 1. The van der Waals surface area contributed by atoms with Gasteiger partial charge < -0.3 is 25.9 Å². The molecule has 0 saturated heterocycles. The lowest BCUT2D eigenvalue weighted by molar-refractivity contribution is -0.654. The van der Waals surface area contributed by atoms with Crippen molar-refractivity contribution >= 4 is 40.4 Å². The molecule has 1 amide bonds. The van der Waals surface area contributed by atoms with E-state index in [2.05, 4.69) is 20.3 Å². The van der Waals surface area contributed by atoms with Gasteiger partial charge in [0.25, 0.3) is 11.7 Å². The fraction of sp³-hybridized carbons (Fsp3) is 0.250. The Morgan fingerprint density at radius 2 is 2.03 bits per heavy atom. The van der Waals surface area contributed by atoms with E-state index in [0.29, 0.717) is 34.6 Å². The van der Waals surface area contributed by atoms with E-state index in [9.17, 15) is 18.0 Å². The highest BCUT2D eigenvalue weighted by molar-refractivity contribution is 5.98. The molecule has 3 aromatic heterocycles. The number of nitrogens with zero attached hydrogens (tertiary/aromatic N) is 4. The van der Waals surface area contributed by atoms with Crippen LogP contribution in [0.15, 0.2) is 30.5 Å². The average molecular weight is 463 g/mol. The largest absolute Gasteiger partial charge is 0.554 e. The van der Waals surface area contributed by atoms with Gasteiger partial charge in [0.15, 0.2) is 28.2 Å². The molecule has 0 aliphatic heterocycles. The van der Waals surface area contributed by atoms with E-state index in [1.54, 1.807) is 28.4 Å². The second-order valence-electron chi connectivity index (χ2n) is 6.87. The van der Waals surface area contributed by atoms with E-state index >= 15 is 0 Å². The van der Waals surface area contributed by atoms with E-state index in [1.165, 1.54) is 6.07 Å². The molecule has 13 heteroatoms. The normalized spacial score (nSPS) is 11.3. The first-order chi connectivity index (χ1) is 15.6. The summed E-state index contributed by atoms with van der Waals surface area (Å²) in [6.45, 7) is 1.83. The summed E-state index contributed by atoms with van der Waals surface area (Å²) in [5, 5.41) is 11.0. The first-order valence-corrected chi connectivity index (χ1v) is 9.65. The molecule has 4 aromatic rings. The van der Waals surface area contributed by atoms with Gasteiger partial charge in [0.05, 0.1) is 19.2 Å². The quantitative estimate of drug-likeness (QED) is 0.299. The maximum atomic E-state index is 13.1. The molecular formula is C20H20F3N7O3. The predicted octanol–water partition coefficient (Wildman–Crippen LogP) is 0.654. The minimum atomic E-state index is -4.43. The zero-order chi connectivity index (χ0) is 24.3. The average Bonchev–Trinajstić information content (AvgIpc) is 3.32. The number of hydrogen-bond donors (Lipinski definition) is 3. The van der Waals surface area contributed by atoms with Crippen molar-refractivity contribution in [3.63, 3.8) is 0 Å². The first-order valence-electron chi connectivity index (χ1n) is 9.65. The molecular weight excluding hydrogens is 443 g/mol. The molecule has 0 aliphatic carbocycles. The van der Waals surface area contributed by atoms with Crippen LogP contribution in [-0.2, 0) is 31.1 Å². The van der Waals surface area contributed by atoms with Crippen molar-refractivity contribution in [2.45, 2.75) is 26.2 Å². The Balaban J connectivity index is 0.000000968. The Morgan fingerprint density at radius 1 is 1.33 bits per heavy atom. The summed E-state index contributed by atoms with van der Waals surface area (Å²) < 4.78 is 42.9. The fourth-order valence-corrected chi connectivity index (χ4v) is 3.52. The van der Waals surface area contributed by atoms with Crippen molar-refractivity contribution in [1.82, 2.24) is 24.8 Å². The summed E-state index contributed by atoms with van der Waals surface area (Å²) >= 11 is 0. The van der Waals surface area contributed by atoms with Crippen molar-refractivity contribution in [2.24, 2.45) is 7.05 Å². The van der Waals surface area contributed by atoms with Crippen LogP contribution in [0.1, 0.15) is 28.8 Å². The number of carbonyl (C=O) groups is 2. The molecule has 0 spiro atoms. The molecule has 10 nitrogen and oxygen atoms in total. The highest BCUT2D eigenvalue weighted by atomic mass is 19.4. The third-order valence-electron chi connectivity index (χ3n) is 5.00. The summed E-state index contributed by atoms with van der Waals surface area (Å²) in [7, 11) is 1.74. The first kappa shape index (κ1) is 23.5. The lowest BCUT2D eigenvalue weighted by atomic mass is 10.2. The number of rotatable bonds is 4. The zero-order valence-corrected chi connectivity index (χ0v) is 17.6. The number of H-pyrrole nitrogens is 1.